The molecule has 0 aliphatic rings. The average Bonchev–Trinajstić information content (AvgIpc) is 2.79. The summed E-state index contributed by atoms with van der Waals surface area (Å²) >= 11 is 5.78. The number of hydrogen-bond acceptors (Lipinski definition) is 2. The SMILES string of the molecule is Fc1cc(F)c2nc(CCCl)n(Cc3ccncc3)c2c1. The number of halogens is 3. The number of rotatable bonds is 4. The van der Waals surface area contributed by atoms with Gasteiger partial charge in [0.05, 0.1) is 5.52 Å². The van der Waals surface area contributed by atoms with Crippen LogP contribution in [-0.4, -0.2) is 20.4 Å². The van der Waals surface area contributed by atoms with E-state index in [2.05, 4.69) is 9.97 Å². The number of nitrogens with zero attached hydrogens (tertiary/aromatic N) is 3. The Morgan fingerprint density at radius 2 is 1.90 bits per heavy atom. The first-order valence-electron chi connectivity index (χ1n) is 6.48. The minimum Gasteiger partial charge on any atom is -0.323 e. The molecule has 0 bridgehead atoms. The van der Waals surface area contributed by atoms with Gasteiger partial charge < -0.3 is 4.57 Å². The Hall–Kier alpha value is -2.01. The maximum atomic E-state index is 13.9. The molecule has 0 radical (unpaired) electrons. The molecule has 0 aliphatic heterocycles. The molecule has 0 saturated carbocycles. The summed E-state index contributed by atoms with van der Waals surface area (Å²) in [5.41, 5.74) is 1.58. The number of alkyl halides is 1. The van der Waals surface area contributed by atoms with Gasteiger partial charge in [0, 0.05) is 37.3 Å². The van der Waals surface area contributed by atoms with Crippen LogP contribution in [0.5, 0.6) is 0 Å². The Kier molecular flexibility index (Phi) is 3.84. The molecule has 0 N–H and O–H groups in total. The Bertz CT molecular complexity index is 771. The van der Waals surface area contributed by atoms with E-state index in [0.29, 0.717) is 30.2 Å². The van der Waals surface area contributed by atoms with Crippen LogP contribution < -0.4 is 0 Å². The third-order valence-corrected chi connectivity index (χ3v) is 3.45. The Morgan fingerprint density at radius 3 is 2.62 bits per heavy atom. The maximum Gasteiger partial charge on any atom is 0.153 e. The second-order valence-electron chi connectivity index (χ2n) is 4.66. The molecule has 1 aromatic carbocycles. The van der Waals surface area contributed by atoms with Gasteiger partial charge in [0.15, 0.2) is 5.82 Å². The van der Waals surface area contributed by atoms with E-state index in [-0.39, 0.29) is 5.52 Å². The van der Waals surface area contributed by atoms with E-state index in [1.54, 1.807) is 17.0 Å². The number of fused-ring (bicyclic) bond motifs is 1. The zero-order valence-corrected chi connectivity index (χ0v) is 11.8. The van der Waals surface area contributed by atoms with Gasteiger partial charge in [-0.3, -0.25) is 4.98 Å². The largest absolute Gasteiger partial charge is 0.323 e. The van der Waals surface area contributed by atoms with Gasteiger partial charge in [0.25, 0.3) is 0 Å². The summed E-state index contributed by atoms with van der Waals surface area (Å²) in [5, 5.41) is 0. The van der Waals surface area contributed by atoms with E-state index < -0.39 is 11.6 Å². The molecule has 2 aromatic heterocycles. The highest BCUT2D eigenvalue weighted by atomic mass is 35.5. The number of aryl methyl sites for hydroxylation is 1. The predicted octanol–water partition coefficient (Wildman–Crippen LogP) is 3.54. The first-order valence-corrected chi connectivity index (χ1v) is 7.01. The smallest absolute Gasteiger partial charge is 0.153 e. The van der Waals surface area contributed by atoms with Gasteiger partial charge in [0.2, 0.25) is 0 Å². The Balaban J connectivity index is 2.16. The predicted molar refractivity (Wildman–Crippen MR) is 77.4 cm³/mol. The summed E-state index contributed by atoms with van der Waals surface area (Å²) in [7, 11) is 0. The third-order valence-electron chi connectivity index (χ3n) is 3.26. The summed E-state index contributed by atoms with van der Waals surface area (Å²) in [6.45, 7) is 0.466. The standard InChI is InChI=1S/C15H12ClF2N3/c16-4-1-14-20-15-12(18)7-11(17)8-13(15)21(14)9-10-2-5-19-6-3-10/h2-3,5-8H,1,4,9H2. The van der Waals surface area contributed by atoms with Crippen molar-refractivity contribution in [2.75, 3.05) is 5.88 Å². The molecular formula is C15H12ClF2N3. The van der Waals surface area contributed by atoms with Gasteiger partial charge in [0.1, 0.15) is 17.2 Å². The van der Waals surface area contributed by atoms with Crippen molar-refractivity contribution in [1.82, 2.24) is 14.5 Å². The van der Waals surface area contributed by atoms with E-state index in [1.807, 2.05) is 12.1 Å². The van der Waals surface area contributed by atoms with E-state index in [0.717, 1.165) is 11.6 Å². The van der Waals surface area contributed by atoms with Crippen LogP contribution in [0.25, 0.3) is 11.0 Å². The van der Waals surface area contributed by atoms with Gasteiger partial charge >= 0.3 is 0 Å². The van der Waals surface area contributed by atoms with Crippen molar-refractivity contribution in [3.8, 4) is 0 Å². The number of hydrogen-bond donors (Lipinski definition) is 0. The summed E-state index contributed by atoms with van der Waals surface area (Å²) in [5.74, 6) is -0.270. The van der Waals surface area contributed by atoms with Crippen LogP contribution in [-0.2, 0) is 13.0 Å². The molecule has 108 valence electrons. The van der Waals surface area contributed by atoms with Crippen LogP contribution in [0, 0.1) is 11.6 Å². The molecule has 6 heteroatoms. The summed E-state index contributed by atoms with van der Waals surface area (Å²) in [6.07, 6.45) is 3.84. The highest BCUT2D eigenvalue weighted by Gasteiger charge is 2.15. The second-order valence-corrected chi connectivity index (χ2v) is 5.04. The molecule has 0 amide bonds. The highest BCUT2D eigenvalue weighted by molar-refractivity contribution is 6.17. The normalized spacial score (nSPS) is 11.2. The Labute approximate surface area is 125 Å². The summed E-state index contributed by atoms with van der Waals surface area (Å²) < 4.78 is 29.1. The van der Waals surface area contributed by atoms with E-state index >= 15 is 0 Å². The first-order chi connectivity index (χ1) is 10.2. The van der Waals surface area contributed by atoms with Crippen molar-refractivity contribution in [2.24, 2.45) is 0 Å². The van der Waals surface area contributed by atoms with Gasteiger partial charge in [-0.1, -0.05) is 0 Å². The van der Waals surface area contributed by atoms with Gasteiger partial charge in [-0.15, -0.1) is 11.6 Å². The van der Waals surface area contributed by atoms with E-state index in [4.69, 9.17) is 11.6 Å². The number of benzene rings is 1. The quantitative estimate of drug-likeness (QED) is 0.690. The maximum absolute atomic E-state index is 13.9. The minimum absolute atomic E-state index is 0.172. The molecular weight excluding hydrogens is 296 g/mol. The van der Waals surface area contributed by atoms with Crippen LogP contribution in [0.15, 0.2) is 36.7 Å². The number of imidazole rings is 1. The van der Waals surface area contributed by atoms with Gasteiger partial charge in [-0.25, -0.2) is 13.8 Å². The van der Waals surface area contributed by atoms with Crippen LogP contribution in [0.3, 0.4) is 0 Å². The van der Waals surface area contributed by atoms with Gasteiger partial charge in [-0.05, 0) is 23.8 Å². The van der Waals surface area contributed by atoms with Crippen LogP contribution in [0.1, 0.15) is 11.4 Å². The molecule has 0 aliphatic carbocycles. The van der Waals surface area contributed by atoms with E-state index in [1.165, 1.54) is 6.07 Å². The lowest BCUT2D eigenvalue weighted by molar-refractivity contribution is 0.590. The molecule has 0 saturated heterocycles. The lowest BCUT2D eigenvalue weighted by Gasteiger charge is -2.08. The molecule has 0 spiro atoms. The first kappa shape index (κ1) is 13.9. The van der Waals surface area contributed by atoms with Gasteiger partial charge in [-0.2, -0.15) is 0 Å². The lowest BCUT2D eigenvalue weighted by atomic mass is 10.2. The zero-order valence-electron chi connectivity index (χ0n) is 11.1. The Morgan fingerprint density at radius 1 is 1.14 bits per heavy atom. The van der Waals surface area contributed by atoms with E-state index in [9.17, 15) is 8.78 Å². The molecule has 21 heavy (non-hydrogen) atoms. The third kappa shape index (κ3) is 2.74. The van der Waals surface area contributed by atoms with Crippen molar-refractivity contribution in [1.29, 1.82) is 0 Å². The van der Waals surface area contributed by atoms with Crippen LogP contribution >= 0.6 is 11.6 Å². The number of pyridine rings is 1. The monoisotopic (exact) mass is 307 g/mol. The molecule has 3 nitrogen and oxygen atoms in total. The molecule has 2 heterocycles. The fourth-order valence-electron chi connectivity index (χ4n) is 2.32. The lowest BCUT2D eigenvalue weighted by Crippen LogP contribution is -2.06. The molecule has 0 atom stereocenters. The molecule has 0 unspecified atom stereocenters. The fraction of sp³-hybridized carbons (Fsp3) is 0.200. The number of aromatic nitrogens is 3. The van der Waals surface area contributed by atoms with Crippen molar-refractivity contribution in [3.05, 3.63) is 59.7 Å². The molecule has 3 rings (SSSR count). The topological polar surface area (TPSA) is 30.7 Å². The average molecular weight is 308 g/mol. The summed E-state index contributed by atoms with van der Waals surface area (Å²) in [4.78, 5) is 8.22. The van der Waals surface area contributed by atoms with Crippen molar-refractivity contribution in [2.45, 2.75) is 13.0 Å². The van der Waals surface area contributed by atoms with Crippen molar-refractivity contribution < 1.29 is 8.78 Å². The fourth-order valence-corrected chi connectivity index (χ4v) is 2.49. The highest BCUT2D eigenvalue weighted by Crippen LogP contribution is 2.22. The molecule has 3 aromatic rings. The van der Waals surface area contributed by atoms with Crippen molar-refractivity contribution >= 4 is 22.6 Å². The van der Waals surface area contributed by atoms with Crippen molar-refractivity contribution in [3.63, 3.8) is 0 Å². The summed E-state index contributed by atoms with van der Waals surface area (Å²) in [6, 6.07) is 5.85. The van der Waals surface area contributed by atoms with Crippen LogP contribution in [0.2, 0.25) is 0 Å². The van der Waals surface area contributed by atoms with Crippen LogP contribution in [0.4, 0.5) is 8.78 Å². The minimum atomic E-state index is -0.658. The second kappa shape index (κ2) is 5.77. The zero-order chi connectivity index (χ0) is 14.8. The molecule has 0 fully saturated rings.